The number of aliphatic hydroxyl groups is 1. The molecule has 49 heavy (non-hydrogen) atoms. The van der Waals surface area contributed by atoms with E-state index in [4.69, 9.17) is 9.15 Å². The molecular weight excluding hydrogens is 652 g/mol. The molecule has 272 valence electrons. The molecule has 0 radical (unpaired) electrons. The van der Waals surface area contributed by atoms with Gasteiger partial charge in [0.05, 0.1) is 23.5 Å². The van der Waals surface area contributed by atoms with Crippen molar-refractivity contribution in [3.8, 4) is 0 Å². The predicted molar refractivity (Wildman–Crippen MR) is 184 cm³/mol. The molecule has 0 saturated carbocycles. The number of ketones is 1. The van der Waals surface area contributed by atoms with Crippen molar-refractivity contribution in [3.63, 3.8) is 0 Å². The van der Waals surface area contributed by atoms with Crippen LogP contribution in [0.5, 0.6) is 0 Å². The topological polar surface area (TPSA) is 176 Å². The van der Waals surface area contributed by atoms with Crippen LogP contribution in [0.3, 0.4) is 0 Å². The van der Waals surface area contributed by atoms with Crippen molar-refractivity contribution in [2.24, 2.45) is 11.8 Å². The molecule has 3 heterocycles. The number of allylic oxidation sites excluding steroid dienone is 2. The van der Waals surface area contributed by atoms with E-state index in [9.17, 15) is 32.7 Å². The van der Waals surface area contributed by atoms with Crippen molar-refractivity contribution < 1.29 is 41.9 Å². The van der Waals surface area contributed by atoms with E-state index in [2.05, 4.69) is 10.3 Å². The second-order valence-corrected chi connectivity index (χ2v) is 15.2. The van der Waals surface area contributed by atoms with Crippen molar-refractivity contribution in [3.05, 3.63) is 53.8 Å². The molecule has 1 aromatic heterocycles. The lowest BCUT2D eigenvalue weighted by atomic mass is 9.91. The van der Waals surface area contributed by atoms with E-state index in [-0.39, 0.29) is 73.8 Å². The van der Waals surface area contributed by atoms with Gasteiger partial charge in [-0.15, -0.1) is 0 Å². The van der Waals surface area contributed by atoms with Crippen LogP contribution < -0.4 is 5.32 Å². The number of esters is 1. The Hall–Kier alpha value is -3.62. The zero-order valence-electron chi connectivity index (χ0n) is 29.5. The zero-order chi connectivity index (χ0) is 36.3. The molecular formula is C35H52N4O9S. The van der Waals surface area contributed by atoms with Crippen LogP contribution in [0.2, 0.25) is 0 Å². The summed E-state index contributed by atoms with van der Waals surface area (Å²) in [7, 11) is -3.88. The van der Waals surface area contributed by atoms with Crippen LogP contribution in [-0.2, 0) is 35.4 Å². The first-order chi connectivity index (χ1) is 23.2. The standard InChI is InChI=1S/C35H52N4O9S/c1-7-24(5)33-25(6)12-13-30(42)36-15-10-11-23(4)19-26(40)20-27(41)21-31-37-28(22-47-31)34(43)39-16-14-29(32(39)35(44)48-33)49(45,46)18-17-38(8-2)9-3/h10-13,19,22,24-26,29,32-33,40H,7-9,14-18,20-21H2,1-6H3,(H,36,42)/b11-10+,13-12+,23-19+/t24?,25-,26-,29-,32-,33?/m1/s1. The number of aromatic nitrogens is 1. The minimum atomic E-state index is -3.88. The van der Waals surface area contributed by atoms with Crippen LogP contribution in [0.25, 0.3) is 0 Å². The number of carbonyl (C=O) groups is 4. The van der Waals surface area contributed by atoms with Crippen LogP contribution in [0, 0.1) is 11.8 Å². The van der Waals surface area contributed by atoms with E-state index in [1.807, 2.05) is 39.5 Å². The maximum absolute atomic E-state index is 14.1. The number of nitrogens with zero attached hydrogens (tertiary/aromatic N) is 3. The van der Waals surface area contributed by atoms with Crippen LogP contribution in [-0.4, -0.2) is 114 Å². The van der Waals surface area contributed by atoms with Crippen molar-refractivity contribution in [2.45, 2.75) is 90.7 Å². The van der Waals surface area contributed by atoms with E-state index >= 15 is 0 Å². The summed E-state index contributed by atoms with van der Waals surface area (Å²) in [5.41, 5.74) is 0.509. The largest absolute Gasteiger partial charge is 0.460 e. The number of aliphatic hydroxyl groups excluding tert-OH is 1. The Morgan fingerprint density at radius 1 is 1.14 bits per heavy atom. The number of sulfone groups is 1. The first kappa shape index (κ1) is 39.8. The fourth-order valence-corrected chi connectivity index (χ4v) is 8.04. The summed E-state index contributed by atoms with van der Waals surface area (Å²) in [5, 5.41) is 11.9. The molecule has 13 nitrogen and oxygen atoms in total. The van der Waals surface area contributed by atoms with Crippen molar-refractivity contribution >= 4 is 33.4 Å². The summed E-state index contributed by atoms with van der Waals surface area (Å²) in [6.07, 6.45) is 7.38. The highest BCUT2D eigenvalue weighted by molar-refractivity contribution is 7.92. The number of nitrogens with one attached hydrogen (secondary N) is 1. The molecule has 1 saturated heterocycles. The number of rotatable bonds is 8. The molecule has 0 aromatic carbocycles. The number of ether oxygens (including phenoxy) is 1. The van der Waals surface area contributed by atoms with Crippen molar-refractivity contribution in [2.75, 3.05) is 38.5 Å². The van der Waals surface area contributed by atoms with E-state index in [0.717, 1.165) is 6.26 Å². The van der Waals surface area contributed by atoms with Gasteiger partial charge in [-0.05, 0) is 38.4 Å². The molecule has 14 heteroatoms. The molecule has 0 spiro atoms. The summed E-state index contributed by atoms with van der Waals surface area (Å²) in [4.78, 5) is 60.6. The van der Waals surface area contributed by atoms with Crippen molar-refractivity contribution in [1.82, 2.24) is 20.1 Å². The maximum atomic E-state index is 14.1. The summed E-state index contributed by atoms with van der Waals surface area (Å²) < 4.78 is 39.1. The van der Waals surface area contributed by atoms with Gasteiger partial charge in [-0.2, -0.15) is 0 Å². The molecule has 1 aromatic rings. The van der Waals surface area contributed by atoms with Crippen molar-refractivity contribution in [1.29, 1.82) is 0 Å². The third kappa shape index (κ3) is 11.2. The molecule has 2 unspecified atom stereocenters. The van der Waals surface area contributed by atoms with Gasteiger partial charge in [0, 0.05) is 32.0 Å². The number of cyclic esters (lactones) is 1. The Bertz CT molecular complexity index is 1510. The lowest BCUT2D eigenvalue weighted by Gasteiger charge is -2.32. The maximum Gasteiger partial charge on any atom is 0.330 e. The van der Waals surface area contributed by atoms with Crippen LogP contribution in [0.1, 0.15) is 77.2 Å². The Balaban J connectivity index is 2.02. The van der Waals surface area contributed by atoms with Gasteiger partial charge in [0.1, 0.15) is 24.2 Å². The van der Waals surface area contributed by atoms with E-state index < -0.39 is 51.1 Å². The molecule has 3 rings (SSSR count). The highest BCUT2D eigenvalue weighted by Crippen LogP contribution is 2.30. The average Bonchev–Trinajstić information content (AvgIpc) is 3.72. The molecule has 2 amide bonds. The number of hydrogen-bond acceptors (Lipinski definition) is 11. The van der Waals surface area contributed by atoms with E-state index in [0.29, 0.717) is 25.1 Å². The first-order valence-electron chi connectivity index (χ1n) is 17.1. The minimum absolute atomic E-state index is 0.0260. The summed E-state index contributed by atoms with van der Waals surface area (Å²) >= 11 is 0. The number of Topliss-reactive ketones (excluding diaryl/α,β-unsaturated/α-hetero) is 1. The molecule has 0 aliphatic carbocycles. The minimum Gasteiger partial charge on any atom is -0.460 e. The van der Waals surface area contributed by atoms with E-state index in [1.54, 1.807) is 25.2 Å². The summed E-state index contributed by atoms with van der Waals surface area (Å²) in [6, 6.07) is -1.44. The fraction of sp³-hybridized carbons (Fsp3) is 0.629. The average molecular weight is 705 g/mol. The SMILES string of the molecule is CCC(C)C1OC(=O)[C@H]2[C@H](S(=O)(=O)CCN(CC)CC)CCN2C(=O)c2coc(n2)CC(=O)C[C@H](O)/C=C(C)/C=C/CNC(=O)/C=C/[C@H]1C. The van der Waals surface area contributed by atoms with Gasteiger partial charge in [-0.3, -0.25) is 14.4 Å². The predicted octanol–water partition coefficient (Wildman–Crippen LogP) is 2.66. The smallest absolute Gasteiger partial charge is 0.330 e. The third-order valence-corrected chi connectivity index (χ3v) is 11.4. The first-order valence-corrected chi connectivity index (χ1v) is 18.8. The van der Waals surface area contributed by atoms with Gasteiger partial charge in [-0.1, -0.05) is 70.9 Å². The number of amides is 2. The van der Waals surface area contributed by atoms with Crippen LogP contribution >= 0.6 is 0 Å². The quantitative estimate of drug-likeness (QED) is 0.381. The molecule has 1 fully saturated rings. The summed E-state index contributed by atoms with van der Waals surface area (Å²) in [5.74, 6) is -3.15. The summed E-state index contributed by atoms with van der Waals surface area (Å²) in [6.45, 7) is 13.1. The van der Waals surface area contributed by atoms with Gasteiger partial charge in [0.25, 0.3) is 5.91 Å². The number of hydrogen-bond donors (Lipinski definition) is 2. The number of carbonyl (C=O) groups excluding carboxylic acids is 4. The van der Waals surface area contributed by atoms with Gasteiger partial charge in [0.15, 0.2) is 15.5 Å². The Labute approximate surface area is 289 Å². The molecule has 2 aliphatic rings. The molecule has 2 N–H and O–H groups in total. The molecule has 2 aliphatic heterocycles. The van der Waals surface area contributed by atoms with E-state index in [1.165, 1.54) is 17.1 Å². The third-order valence-electron chi connectivity index (χ3n) is 9.21. The molecule has 2 bridgehead atoms. The van der Waals surface area contributed by atoms with Gasteiger partial charge < -0.3 is 29.4 Å². The van der Waals surface area contributed by atoms with Gasteiger partial charge in [-0.25, -0.2) is 18.2 Å². The highest BCUT2D eigenvalue weighted by atomic mass is 32.2. The zero-order valence-corrected chi connectivity index (χ0v) is 30.3. The monoisotopic (exact) mass is 704 g/mol. The highest BCUT2D eigenvalue weighted by Gasteiger charge is 2.50. The van der Waals surface area contributed by atoms with Gasteiger partial charge >= 0.3 is 5.97 Å². The van der Waals surface area contributed by atoms with Crippen LogP contribution in [0.15, 0.2) is 46.6 Å². The fourth-order valence-electron chi connectivity index (χ4n) is 6.11. The second-order valence-electron chi connectivity index (χ2n) is 12.8. The van der Waals surface area contributed by atoms with Gasteiger partial charge in [0.2, 0.25) is 11.8 Å². The normalized spacial score (nSPS) is 28.3. The van der Waals surface area contributed by atoms with Crippen LogP contribution in [0.4, 0.5) is 0 Å². The lowest BCUT2D eigenvalue weighted by Crippen LogP contribution is -2.50. The number of oxazole rings is 1. The molecule has 6 atom stereocenters. The number of fused-ring (bicyclic) bond motifs is 3. The Morgan fingerprint density at radius 3 is 2.53 bits per heavy atom. The second kappa shape index (κ2) is 18.4. The Morgan fingerprint density at radius 2 is 1.86 bits per heavy atom. The Kier molecular flexibility index (Phi) is 14.9. The lowest BCUT2D eigenvalue weighted by molar-refractivity contribution is -0.158.